The lowest BCUT2D eigenvalue weighted by molar-refractivity contribution is 0.102. The zero-order valence-electron chi connectivity index (χ0n) is 13.1. The molecule has 112 valence electrons. The van der Waals surface area contributed by atoms with Crippen LogP contribution in [0.3, 0.4) is 0 Å². The van der Waals surface area contributed by atoms with Gasteiger partial charge in [0.05, 0.1) is 6.20 Å². The molecule has 2 heterocycles. The number of rotatable bonds is 2. The lowest BCUT2D eigenvalue weighted by atomic mass is 10.1. The van der Waals surface area contributed by atoms with Crippen molar-refractivity contribution in [1.82, 2.24) is 14.6 Å². The molecule has 0 bridgehead atoms. The van der Waals surface area contributed by atoms with Crippen molar-refractivity contribution in [2.24, 2.45) is 0 Å². The molecule has 5 heteroatoms. The fourth-order valence-electron chi connectivity index (χ4n) is 2.49. The molecule has 0 fully saturated rings. The van der Waals surface area contributed by atoms with Gasteiger partial charge in [0.1, 0.15) is 5.56 Å². The van der Waals surface area contributed by atoms with Crippen molar-refractivity contribution in [3.05, 3.63) is 58.5 Å². The number of hydrogen-bond acceptors (Lipinski definition) is 3. The predicted octanol–water partition coefficient (Wildman–Crippen LogP) is 3.22. The second kappa shape index (κ2) is 5.26. The third-order valence-electron chi connectivity index (χ3n) is 3.66. The topological polar surface area (TPSA) is 59.3 Å². The summed E-state index contributed by atoms with van der Waals surface area (Å²) in [7, 11) is 0. The van der Waals surface area contributed by atoms with Crippen LogP contribution in [0.2, 0.25) is 0 Å². The Bertz CT molecular complexity index is 880. The summed E-state index contributed by atoms with van der Waals surface area (Å²) in [6.07, 6.45) is 1.56. The summed E-state index contributed by atoms with van der Waals surface area (Å²) in [5, 5.41) is 7.21. The molecular formula is C17H18N4O. The highest BCUT2D eigenvalue weighted by atomic mass is 16.1. The standard InChI is InChI=1S/C17H18N4O/c1-10-5-6-11(2)15(7-10)20-17(22)14-9-18-21-13(4)8-12(3)19-16(14)21/h5-9H,1-4H3,(H,20,22). The van der Waals surface area contributed by atoms with Gasteiger partial charge in [-0.3, -0.25) is 4.79 Å². The molecule has 22 heavy (non-hydrogen) atoms. The number of anilines is 1. The van der Waals surface area contributed by atoms with Crippen molar-refractivity contribution in [3.63, 3.8) is 0 Å². The van der Waals surface area contributed by atoms with Gasteiger partial charge in [0.15, 0.2) is 5.65 Å². The molecule has 3 rings (SSSR count). The number of aryl methyl sites for hydroxylation is 4. The Labute approximate surface area is 129 Å². The van der Waals surface area contributed by atoms with E-state index in [9.17, 15) is 4.79 Å². The highest BCUT2D eigenvalue weighted by Crippen LogP contribution is 2.19. The Balaban J connectivity index is 2.01. The molecule has 0 saturated heterocycles. The van der Waals surface area contributed by atoms with Crippen LogP contribution in [0.5, 0.6) is 0 Å². The molecule has 1 aromatic carbocycles. The fraction of sp³-hybridized carbons (Fsp3) is 0.235. The van der Waals surface area contributed by atoms with Crippen LogP contribution in [0, 0.1) is 27.7 Å². The minimum atomic E-state index is -0.193. The Hall–Kier alpha value is -2.69. The van der Waals surface area contributed by atoms with Crippen LogP contribution >= 0.6 is 0 Å². The molecule has 0 aliphatic heterocycles. The predicted molar refractivity (Wildman–Crippen MR) is 86.3 cm³/mol. The minimum absolute atomic E-state index is 0.193. The number of hydrogen-bond donors (Lipinski definition) is 1. The van der Waals surface area contributed by atoms with Crippen LogP contribution < -0.4 is 5.32 Å². The maximum absolute atomic E-state index is 12.6. The van der Waals surface area contributed by atoms with Crippen molar-refractivity contribution in [2.75, 3.05) is 5.32 Å². The van der Waals surface area contributed by atoms with E-state index in [0.717, 1.165) is 28.2 Å². The third-order valence-corrected chi connectivity index (χ3v) is 3.66. The molecule has 1 amide bonds. The van der Waals surface area contributed by atoms with E-state index < -0.39 is 0 Å². The SMILES string of the molecule is Cc1ccc(C)c(NC(=O)c2cnn3c(C)cc(C)nc23)c1. The summed E-state index contributed by atoms with van der Waals surface area (Å²) in [5.41, 5.74) is 5.82. The zero-order chi connectivity index (χ0) is 15.9. The smallest absolute Gasteiger partial charge is 0.261 e. The highest BCUT2D eigenvalue weighted by Gasteiger charge is 2.16. The molecular weight excluding hydrogens is 276 g/mol. The molecule has 0 aliphatic carbocycles. The van der Waals surface area contributed by atoms with Gasteiger partial charge < -0.3 is 5.32 Å². The second-order valence-corrected chi connectivity index (χ2v) is 5.61. The molecule has 0 unspecified atom stereocenters. The van der Waals surface area contributed by atoms with Crippen LogP contribution in [0.4, 0.5) is 5.69 Å². The van der Waals surface area contributed by atoms with Gasteiger partial charge in [-0.15, -0.1) is 0 Å². The molecule has 0 aliphatic rings. The summed E-state index contributed by atoms with van der Waals surface area (Å²) >= 11 is 0. The average Bonchev–Trinajstić information content (AvgIpc) is 2.87. The van der Waals surface area contributed by atoms with Gasteiger partial charge in [-0.25, -0.2) is 9.50 Å². The maximum Gasteiger partial charge on any atom is 0.261 e. The van der Waals surface area contributed by atoms with Crippen molar-refractivity contribution < 1.29 is 4.79 Å². The normalized spacial score (nSPS) is 10.9. The van der Waals surface area contributed by atoms with Crippen LogP contribution in [-0.4, -0.2) is 20.5 Å². The lowest BCUT2D eigenvalue weighted by Gasteiger charge is -2.09. The van der Waals surface area contributed by atoms with E-state index in [1.54, 1.807) is 10.7 Å². The van der Waals surface area contributed by atoms with E-state index in [1.165, 1.54) is 0 Å². The van der Waals surface area contributed by atoms with Gasteiger partial charge in [0.2, 0.25) is 0 Å². The largest absolute Gasteiger partial charge is 0.322 e. The molecule has 2 aromatic heterocycles. The summed E-state index contributed by atoms with van der Waals surface area (Å²) in [5.74, 6) is -0.193. The summed E-state index contributed by atoms with van der Waals surface area (Å²) < 4.78 is 1.69. The number of nitrogens with zero attached hydrogens (tertiary/aromatic N) is 3. The van der Waals surface area contributed by atoms with Crippen molar-refractivity contribution in [2.45, 2.75) is 27.7 Å². The summed E-state index contributed by atoms with van der Waals surface area (Å²) in [6.45, 7) is 7.82. The van der Waals surface area contributed by atoms with E-state index in [-0.39, 0.29) is 5.91 Å². The lowest BCUT2D eigenvalue weighted by Crippen LogP contribution is -2.13. The van der Waals surface area contributed by atoms with Crippen molar-refractivity contribution >= 4 is 17.2 Å². The third kappa shape index (κ3) is 2.45. The van der Waals surface area contributed by atoms with E-state index >= 15 is 0 Å². The quantitative estimate of drug-likeness (QED) is 0.789. The molecule has 1 N–H and O–H groups in total. The molecule has 0 spiro atoms. The van der Waals surface area contributed by atoms with Crippen molar-refractivity contribution in [1.29, 1.82) is 0 Å². The van der Waals surface area contributed by atoms with Crippen LogP contribution in [-0.2, 0) is 0 Å². The Morgan fingerprint density at radius 1 is 1.14 bits per heavy atom. The van der Waals surface area contributed by atoms with Crippen LogP contribution in [0.15, 0.2) is 30.5 Å². The van der Waals surface area contributed by atoms with Crippen molar-refractivity contribution in [3.8, 4) is 0 Å². The number of benzene rings is 1. The van der Waals surface area contributed by atoms with Gasteiger partial charge in [-0.2, -0.15) is 5.10 Å². The maximum atomic E-state index is 12.6. The van der Waals surface area contributed by atoms with Crippen LogP contribution in [0.1, 0.15) is 32.9 Å². The van der Waals surface area contributed by atoms with Crippen LogP contribution in [0.25, 0.3) is 5.65 Å². The number of carbonyl (C=O) groups excluding carboxylic acids is 1. The highest BCUT2D eigenvalue weighted by molar-refractivity contribution is 6.08. The number of amides is 1. The second-order valence-electron chi connectivity index (χ2n) is 5.61. The summed E-state index contributed by atoms with van der Waals surface area (Å²) in [6, 6.07) is 7.91. The zero-order valence-corrected chi connectivity index (χ0v) is 13.1. The van der Waals surface area contributed by atoms with E-state index in [4.69, 9.17) is 0 Å². The Morgan fingerprint density at radius 2 is 1.91 bits per heavy atom. The number of aromatic nitrogens is 3. The molecule has 3 aromatic rings. The molecule has 5 nitrogen and oxygen atoms in total. The number of carbonyl (C=O) groups is 1. The number of fused-ring (bicyclic) bond motifs is 1. The molecule has 0 atom stereocenters. The monoisotopic (exact) mass is 294 g/mol. The Morgan fingerprint density at radius 3 is 2.68 bits per heavy atom. The van der Waals surface area contributed by atoms with E-state index in [0.29, 0.717) is 11.2 Å². The minimum Gasteiger partial charge on any atom is -0.322 e. The first kappa shape index (κ1) is 14.3. The Kier molecular flexibility index (Phi) is 3.41. The first-order valence-corrected chi connectivity index (χ1v) is 7.16. The van der Waals surface area contributed by atoms with E-state index in [1.807, 2.05) is 52.0 Å². The van der Waals surface area contributed by atoms with Gasteiger partial charge >= 0.3 is 0 Å². The van der Waals surface area contributed by atoms with Gasteiger partial charge in [0, 0.05) is 17.1 Å². The first-order chi connectivity index (χ1) is 10.5. The van der Waals surface area contributed by atoms with Gasteiger partial charge in [-0.1, -0.05) is 12.1 Å². The van der Waals surface area contributed by atoms with E-state index in [2.05, 4.69) is 15.4 Å². The fourth-order valence-corrected chi connectivity index (χ4v) is 2.49. The molecule has 0 radical (unpaired) electrons. The number of nitrogens with one attached hydrogen (secondary N) is 1. The first-order valence-electron chi connectivity index (χ1n) is 7.16. The van der Waals surface area contributed by atoms with Gasteiger partial charge in [-0.05, 0) is 51.0 Å². The molecule has 0 saturated carbocycles. The van der Waals surface area contributed by atoms with Gasteiger partial charge in [0.25, 0.3) is 5.91 Å². The average molecular weight is 294 g/mol. The summed E-state index contributed by atoms with van der Waals surface area (Å²) in [4.78, 5) is 17.0.